The molecule has 7 N–H and O–H groups in total. The number of nitrogens with zero attached hydrogens (tertiary/aromatic N) is 6. The maximum atomic E-state index is 14.2. The summed E-state index contributed by atoms with van der Waals surface area (Å²) in [5, 5.41) is 32.7. The summed E-state index contributed by atoms with van der Waals surface area (Å²) in [7, 11) is -22.7. The second-order valence-electron chi connectivity index (χ2n) is 25.4. The summed E-state index contributed by atoms with van der Waals surface area (Å²) >= 11 is 0. The Morgan fingerprint density at radius 1 is 0.374 bits per heavy atom. The number of carboxylic acids is 2. The van der Waals surface area contributed by atoms with Crippen molar-refractivity contribution >= 4 is 59.6 Å². The van der Waals surface area contributed by atoms with Crippen molar-refractivity contribution in [2.45, 2.75) is 162 Å². The van der Waals surface area contributed by atoms with Gasteiger partial charge in [0, 0.05) is 16.4 Å². The van der Waals surface area contributed by atoms with Crippen molar-refractivity contribution in [1.29, 1.82) is 0 Å². The number of hydrogen-bond acceptors (Lipinski definition) is 31. The Hall–Kier alpha value is -8.89. The van der Waals surface area contributed by atoms with E-state index >= 15 is 0 Å². The first kappa shape index (κ1) is 88.5. The first-order valence-electron chi connectivity index (χ1n) is 34.5. The molecule has 1 amide bonds. The van der Waals surface area contributed by atoms with Crippen LogP contribution < -0.4 is 5.32 Å². The number of azide groups is 2. The minimum absolute atomic E-state index is 0.175. The van der Waals surface area contributed by atoms with Gasteiger partial charge >= 0.3 is 59.6 Å². The summed E-state index contributed by atoms with van der Waals surface area (Å²) in [6.45, 7) is -6.49. The molecule has 0 aliphatic carbocycles. The van der Waals surface area contributed by atoms with Crippen LogP contribution in [-0.4, -0.2) is 229 Å². The van der Waals surface area contributed by atoms with Crippen LogP contribution in [0.15, 0.2) is 192 Å². The lowest BCUT2D eigenvalue weighted by Crippen LogP contribution is -2.69. The van der Waals surface area contributed by atoms with Crippen LogP contribution in [0.1, 0.15) is 33.4 Å². The summed E-state index contributed by atoms with van der Waals surface area (Å²) in [6.07, 6.45) is -42.4. The van der Waals surface area contributed by atoms with Crippen molar-refractivity contribution in [1.82, 2.24) is 5.32 Å². The number of alkyl carbamates (subject to hydrolysis) is 1. The van der Waals surface area contributed by atoms with Gasteiger partial charge in [-0.05, 0) is 44.4 Å². The number of aliphatic carboxylic acids is 2. The van der Waals surface area contributed by atoms with Gasteiger partial charge in [-0.1, -0.05) is 192 Å². The number of rotatable bonds is 41. The predicted octanol–water partition coefficient (Wildman–Crippen LogP) is 5.45. The Kier molecular flexibility index (Phi) is 32.2. The SMILES string of the molecule is [N-]=[N+]=N[C@H]1[C@@H](O[C@H]2[C@H](OCc3ccccc3)[C@@H](OS(=O)(=O)O)[C@H](O[C@H]3[C@H](OCc4ccccc4)[C@@H](N=[N+]=[N-])[C@@H](O[C@H]4[C@H](OCc5ccccc5)[C@@H](OS(=O)(=O)O)[C@H](OCCNC(=O)OCc5ccccc5)O[C@@H]4C(=O)O)O[C@@H]3COS(=O)(=O)O)O[C@@H]2C(=O)O)O[C@H](COS(=O)(=O)O)[C@@H](OCc2ccccc2)[C@@H]1OCc1ccccc1. The van der Waals surface area contributed by atoms with Crippen molar-refractivity contribution in [2.75, 3.05) is 26.4 Å². The second-order valence-corrected chi connectivity index (χ2v) is 29.7. The van der Waals surface area contributed by atoms with Gasteiger partial charge in [0.1, 0.15) is 79.7 Å². The van der Waals surface area contributed by atoms with Gasteiger partial charge in [-0.15, -0.1) is 0 Å². The fraction of sp³-hybridized carbons (Fsp3) is 0.435. The molecule has 0 radical (unpaired) electrons. The smallest absolute Gasteiger partial charge is 0.407 e. The Balaban J connectivity index is 1.06. The first-order chi connectivity index (χ1) is 55.0. The molecule has 0 saturated carbocycles. The molecule has 6 aromatic rings. The number of nitrogens with one attached hydrogen (secondary N) is 1. The third-order valence-corrected chi connectivity index (χ3v) is 19.3. The Labute approximate surface area is 656 Å². The number of carbonyl (C=O) groups is 3. The summed E-state index contributed by atoms with van der Waals surface area (Å²) in [5.41, 5.74) is 23.4. The molecule has 20 atom stereocenters. The highest BCUT2D eigenvalue weighted by molar-refractivity contribution is 7.81. The quantitative estimate of drug-likeness (QED) is 0.00824. The van der Waals surface area contributed by atoms with Gasteiger partial charge in [0.05, 0.1) is 52.9 Å². The van der Waals surface area contributed by atoms with Crippen LogP contribution in [0.2, 0.25) is 0 Å². The molecule has 4 aliphatic heterocycles. The highest BCUT2D eigenvalue weighted by atomic mass is 32.3. The molecule has 0 bridgehead atoms. The van der Waals surface area contributed by atoms with E-state index in [1.165, 1.54) is 60.7 Å². The summed E-state index contributed by atoms with van der Waals surface area (Å²) in [6, 6.07) is 43.8. The molecule has 0 aromatic heterocycles. The number of ether oxygens (including phenoxy) is 14. The maximum absolute atomic E-state index is 14.2. The summed E-state index contributed by atoms with van der Waals surface area (Å²) in [4.78, 5) is 46.6. The van der Waals surface area contributed by atoms with E-state index in [4.69, 9.17) is 83.0 Å². The van der Waals surface area contributed by atoms with Gasteiger partial charge in [-0.25, -0.2) is 31.1 Å². The molecule has 115 heavy (non-hydrogen) atoms. The van der Waals surface area contributed by atoms with Crippen LogP contribution in [0.25, 0.3) is 20.9 Å². The molecule has 4 fully saturated rings. The number of carbonyl (C=O) groups excluding carboxylic acids is 1. The lowest BCUT2D eigenvalue weighted by Gasteiger charge is -2.51. The average Bonchev–Trinajstić information content (AvgIpc) is 0.731. The van der Waals surface area contributed by atoms with E-state index < -0.39 is 229 Å². The van der Waals surface area contributed by atoms with Crippen molar-refractivity contribution in [3.05, 3.63) is 236 Å². The van der Waals surface area contributed by atoms with Gasteiger partial charge < -0.3 is 81.8 Å². The molecule has 622 valence electrons. The first-order valence-corrected chi connectivity index (χ1v) is 40.0. The standard InChI is InChI=1S/C69H77N7O35S4/c70-75-73-49-53(96-34-42-21-9-2-10-22-42)51(95-33-41-19-7-1-8-20-41)47(39-101-112(82,83)84)103-65(49)107-58-56(99-37-45-27-15-5-16-28-45)62(111-115(91,92)93)68(109-60(58)64(79)80)105-52-48(40-102-113(85,86)87)104-66(50(74-76-71)54(52)97-35-43-23-11-3-12-24-43)106-57-55(98-36-44-25-13-4-14-26-44)61(110-114(88,89)90)67(108-59(57)63(77)78)94-32-31-72-69(81)100-38-46-29-17-6-18-30-46/h1-30,47-62,65-68H,31-40H2,(H,72,81)(H,77,78)(H,79,80)(H,82,83,84)(H,85,86,87)(H,88,89,90)(H,91,92,93)/t47-,48-,49-,50-,51-,52-,53-,54-,55+,56+,57+,58+,59+,60+,61-,62-,65-,66-,67-,68-/m1/s1. The largest absolute Gasteiger partial charge is 0.479 e. The second kappa shape index (κ2) is 41.8. The van der Waals surface area contributed by atoms with E-state index in [2.05, 4.69) is 25.4 Å². The third kappa shape index (κ3) is 26.8. The van der Waals surface area contributed by atoms with Gasteiger partial charge in [0.25, 0.3) is 0 Å². The fourth-order valence-electron chi connectivity index (χ4n) is 12.5. The molecule has 0 spiro atoms. The van der Waals surface area contributed by atoms with Gasteiger partial charge in [-0.3, -0.25) is 18.2 Å². The minimum Gasteiger partial charge on any atom is -0.479 e. The zero-order valence-electron chi connectivity index (χ0n) is 59.8. The van der Waals surface area contributed by atoms with Crippen LogP contribution >= 0.6 is 0 Å². The number of carboxylic acid groups (broad SMARTS) is 2. The monoisotopic (exact) mass is 1690 g/mol. The van der Waals surface area contributed by atoms with Crippen molar-refractivity contribution in [3.63, 3.8) is 0 Å². The van der Waals surface area contributed by atoms with Gasteiger partial charge in [0.2, 0.25) is 0 Å². The van der Waals surface area contributed by atoms with Crippen molar-refractivity contribution < 1.29 is 160 Å². The Morgan fingerprint density at radius 2 is 0.687 bits per heavy atom. The normalized spacial score (nSPS) is 27.9. The van der Waals surface area contributed by atoms with Crippen LogP contribution in [0.4, 0.5) is 4.79 Å². The zero-order valence-corrected chi connectivity index (χ0v) is 63.0. The Bertz CT molecular complexity index is 4700. The molecule has 4 aliphatic rings. The molecule has 10 rings (SSSR count). The highest BCUT2D eigenvalue weighted by Crippen LogP contribution is 2.41. The van der Waals surface area contributed by atoms with Crippen molar-refractivity contribution in [3.8, 4) is 0 Å². The molecule has 6 aromatic carbocycles. The average molecular weight is 1690 g/mol. The van der Waals surface area contributed by atoms with E-state index in [1.54, 1.807) is 121 Å². The van der Waals surface area contributed by atoms with Crippen LogP contribution in [0.3, 0.4) is 0 Å². The van der Waals surface area contributed by atoms with E-state index in [0.717, 1.165) is 0 Å². The lowest BCUT2D eigenvalue weighted by atomic mass is 9.94. The van der Waals surface area contributed by atoms with E-state index in [9.17, 15) is 87.5 Å². The minimum atomic E-state index is -5.99. The molecule has 4 saturated heterocycles. The molecule has 42 nitrogen and oxygen atoms in total. The van der Waals surface area contributed by atoms with Crippen LogP contribution in [0.5, 0.6) is 0 Å². The van der Waals surface area contributed by atoms with E-state index in [0.29, 0.717) is 22.3 Å². The molecule has 0 unspecified atom stereocenters. The predicted molar refractivity (Wildman–Crippen MR) is 384 cm³/mol. The maximum Gasteiger partial charge on any atom is 0.407 e. The highest BCUT2D eigenvalue weighted by Gasteiger charge is 2.61. The summed E-state index contributed by atoms with van der Waals surface area (Å²) in [5.74, 6) is -4.02. The van der Waals surface area contributed by atoms with E-state index in [-0.39, 0.29) is 30.9 Å². The fourth-order valence-corrected chi connectivity index (χ4v) is 14.1. The van der Waals surface area contributed by atoms with Crippen LogP contribution in [-0.2, 0) is 174 Å². The number of hydrogen-bond donors (Lipinski definition) is 7. The van der Waals surface area contributed by atoms with Gasteiger partial charge in [-0.2, -0.15) is 33.7 Å². The molecule has 4 heterocycles. The van der Waals surface area contributed by atoms with Crippen LogP contribution in [0, 0.1) is 0 Å². The lowest BCUT2D eigenvalue weighted by molar-refractivity contribution is -0.373. The van der Waals surface area contributed by atoms with Crippen molar-refractivity contribution in [2.24, 2.45) is 10.2 Å². The number of benzene rings is 6. The molecule has 46 heteroatoms. The summed E-state index contributed by atoms with van der Waals surface area (Å²) < 4.78 is 252. The zero-order chi connectivity index (χ0) is 82.3. The topological polar surface area (TPSA) is 585 Å². The third-order valence-electron chi connectivity index (χ3n) is 17.5. The van der Waals surface area contributed by atoms with E-state index in [1.807, 2.05) is 0 Å². The molecular formula is C69H77N7O35S4. The molecular weight excluding hydrogens is 1620 g/mol. The number of amides is 1. The Morgan fingerprint density at radius 3 is 1.03 bits per heavy atom. The van der Waals surface area contributed by atoms with Gasteiger partial charge in [0.15, 0.2) is 49.6 Å².